The molecule has 3 heteroatoms. The standard InChI is InChI=1S/C12H26N2O/c1-12(6-7-13-2)15-11-10-14-8-4-3-5-9-14/h12-13H,3-11H2,1-2H3. The summed E-state index contributed by atoms with van der Waals surface area (Å²) in [7, 11) is 1.99. The van der Waals surface area contributed by atoms with Crippen LogP contribution in [0.4, 0.5) is 0 Å². The van der Waals surface area contributed by atoms with Crippen LogP contribution in [-0.4, -0.2) is 50.8 Å². The van der Waals surface area contributed by atoms with Gasteiger partial charge in [0.05, 0.1) is 12.7 Å². The summed E-state index contributed by atoms with van der Waals surface area (Å²) in [5.41, 5.74) is 0. The highest BCUT2D eigenvalue weighted by molar-refractivity contribution is 4.64. The maximum Gasteiger partial charge on any atom is 0.0597 e. The molecule has 1 heterocycles. The Labute approximate surface area is 94.2 Å². The highest BCUT2D eigenvalue weighted by atomic mass is 16.5. The van der Waals surface area contributed by atoms with Crippen molar-refractivity contribution in [2.45, 2.75) is 38.7 Å². The molecule has 3 nitrogen and oxygen atoms in total. The first-order valence-corrected chi connectivity index (χ1v) is 6.31. The molecule has 1 aliphatic heterocycles. The molecule has 1 saturated heterocycles. The third-order valence-electron chi connectivity index (χ3n) is 3.06. The zero-order valence-electron chi connectivity index (χ0n) is 10.3. The molecule has 0 aliphatic carbocycles. The lowest BCUT2D eigenvalue weighted by molar-refractivity contribution is 0.0408. The summed E-state index contributed by atoms with van der Waals surface area (Å²) < 4.78 is 5.77. The zero-order valence-corrected chi connectivity index (χ0v) is 10.3. The van der Waals surface area contributed by atoms with Gasteiger partial charge in [-0.1, -0.05) is 6.42 Å². The van der Waals surface area contributed by atoms with Gasteiger partial charge in [-0.15, -0.1) is 0 Å². The van der Waals surface area contributed by atoms with E-state index in [2.05, 4.69) is 17.1 Å². The maximum absolute atomic E-state index is 5.77. The second-order valence-electron chi connectivity index (χ2n) is 4.48. The van der Waals surface area contributed by atoms with Crippen LogP contribution in [-0.2, 0) is 4.74 Å². The highest BCUT2D eigenvalue weighted by Gasteiger charge is 2.09. The van der Waals surface area contributed by atoms with E-state index in [1.807, 2.05) is 7.05 Å². The Morgan fingerprint density at radius 2 is 2.00 bits per heavy atom. The van der Waals surface area contributed by atoms with Crippen molar-refractivity contribution in [2.24, 2.45) is 0 Å². The average molecular weight is 214 g/mol. The molecule has 1 N–H and O–H groups in total. The van der Waals surface area contributed by atoms with Gasteiger partial charge in [-0.2, -0.15) is 0 Å². The van der Waals surface area contributed by atoms with Gasteiger partial charge in [-0.3, -0.25) is 0 Å². The summed E-state index contributed by atoms with van der Waals surface area (Å²) in [6, 6.07) is 0. The van der Waals surface area contributed by atoms with Gasteiger partial charge < -0.3 is 15.0 Å². The largest absolute Gasteiger partial charge is 0.377 e. The number of piperidine rings is 1. The number of ether oxygens (including phenoxy) is 1. The van der Waals surface area contributed by atoms with Crippen LogP contribution < -0.4 is 5.32 Å². The average Bonchev–Trinajstić information content (AvgIpc) is 2.28. The molecule has 1 atom stereocenters. The Morgan fingerprint density at radius 3 is 2.67 bits per heavy atom. The second-order valence-corrected chi connectivity index (χ2v) is 4.48. The number of hydrogen-bond donors (Lipinski definition) is 1. The van der Waals surface area contributed by atoms with Gasteiger partial charge in [0.1, 0.15) is 0 Å². The number of nitrogens with one attached hydrogen (secondary N) is 1. The molecule has 1 aliphatic rings. The van der Waals surface area contributed by atoms with E-state index < -0.39 is 0 Å². The molecule has 0 saturated carbocycles. The van der Waals surface area contributed by atoms with Gasteiger partial charge in [0.2, 0.25) is 0 Å². The van der Waals surface area contributed by atoms with Crippen molar-refractivity contribution in [2.75, 3.05) is 39.8 Å². The van der Waals surface area contributed by atoms with E-state index in [9.17, 15) is 0 Å². The summed E-state index contributed by atoms with van der Waals surface area (Å²) >= 11 is 0. The van der Waals surface area contributed by atoms with Gasteiger partial charge in [0.15, 0.2) is 0 Å². The molecule has 0 aromatic carbocycles. The molecule has 15 heavy (non-hydrogen) atoms. The first kappa shape index (κ1) is 12.9. The molecule has 0 spiro atoms. The summed E-state index contributed by atoms with van der Waals surface area (Å²) in [5, 5.41) is 3.15. The van der Waals surface area contributed by atoms with Crippen LogP contribution in [0, 0.1) is 0 Å². The normalized spacial score (nSPS) is 20.4. The van der Waals surface area contributed by atoms with Crippen LogP contribution in [0.15, 0.2) is 0 Å². The summed E-state index contributed by atoms with van der Waals surface area (Å²) in [5.74, 6) is 0. The van der Waals surface area contributed by atoms with Gasteiger partial charge in [-0.05, 0) is 52.9 Å². The third kappa shape index (κ3) is 6.13. The van der Waals surface area contributed by atoms with Crippen LogP contribution >= 0.6 is 0 Å². The number of rotatable bonds is 7. The second kappa shape index (κ2) is 8.08. The topological polar surface area (TPSA) is 24.5 Å². The molecule has 90 valence electrons. The Kier molecular flexibility index (Phi) is 6.98. The fourth-order valence-electron chi connectivity index (χ4n) is 2.00. The van der Waals surface area contributed by atoms with Crippen LogP contribution in [0.5, 0.6) is 0 Å². The first-order chi connectivity index (χ1) is 7.33. The van der Waals surface area contributed by atoms with Gasteiger partial charge >= 0.3 is 0 Å². The fraction of sp³-hybridized carbons (Fsp3) is 1.00. The Bertz CT molecular complexity index is 147. The molecule has 1 unspecified atom stereocenters. The molecule has 0 aromatic heterocycles. The lowest BCUT2D eigenvalue weighted by atomic mass is 10.1. The van der Waals surface area contributed by atoms with E-state index >= 15 is 0 Å². The monoisotopic (exact) mass is 214 g/mol. The Hall–Kier alpha value is -0.120. The van der Waals surface area contributed by atoms with Crippen molar-refractivity contribution >= 4 is 0 Å². The molecule has 0 radical (unpaired) electrons. The van der Waals surface area contributed by atoms with Crippen molar-refractivity contribution in [3.8, 4) is 0 Å². The van der Waals surface area contributed by atoms with Crippen LogP contribution in [0.2, 0.25) is 0 Å². The molecule has 0 aromatic rings. The Balaban J connectivity index is 1.94. The molecule has 0 amide bonds. The Morgan fingerprint density at radius 1 is 1.27 bits per heavy atom. The predicted molar refractivity (Wildman–Crippen MR) is 64.2 cm³/mol. The van der Waals surface area contributed by atoms with Crippen LogP contribution in [0.3, 0.4) is 0 Å². The van der Waals surface area contributed by atoms with E-state index in [1.165, 1.54) is 32.4 Å². The lowest BCUT2D eigenvalue weighted by Gasteiger charge is -2.26. The first-order valence-electron chi connectivity index (χ1n) is 6.31. The molecular weight excluding hydrogens is 188 g/mol. The lowest BCUT2D eigenvalue weighted by Crippen LogP contribution is -2.33. The van der Waals surface area contributed by atoms with Crippen molar-refractivity contribution in [1.82, 2.24) is 10.2 Å². The minimum atomic E-state index is 0.391. The van der Waals surface area contributed by atoms with Crippen LogP contribution in [0.1, 0.15) is 32.6 Å². The quantitative estimate of drug-likeness (QED) is 0.695. The number of nitrogens with zero attached hydrogens (tertiary/aromatic N) is 1. The minimum Gasteiger partial charge on any atom is -0.377 e. The van der Waals surface area contributed by atoms with E-state index in [4.69, 9.17) is 4.74 Å². The van der Waals surface area contributed by atoms with Gasteiger partial charge in [-0.25, -0.2) is 0 Å². The van der Waals surface area contributed by atoms with E-state index in [0.29, 0.717) is 6.10 Å². The van der Waals surface area contributed by atoms with Crippen molar-refractivity contribution < 1.29 is 4.74 Å². The van der Waals surface area contributed by atoms with Gasteiger partial charge in [0, 0.05) is 6.54 Å². The van der Waals surface area contributed by atoms with Gasteiger partial charge in [0.25, 0.3) is 0 Å². The molecule has 1 fully saturated rings. The number of likely N-dealkylation sites (tertiary alicyclic amines) is 1. The molecule has 1 rings (SSSR count). The number of hydrogen-bond acceptors (Lipinski definition) is 3. The van der Waals surface area contributed by atoms with E-state index in [-0.39, 0.29) is 0 Å². The zero-order chi connectivity index (χ0) is 10.9. The van der Waals surface area contributed by atoms with Crippen molar-refractivity contribution in [3.05, 3.63) is 0 Å². The molecule has 0 bridgehead atoms. The highest BCUT2D eigenvalue weighted by Crippen LogP contribution is 2.08. The van der Waals surface area contributed by atoms with Crippen LogP contribution in [0.25, 0.3) is 0 Å². The third-order valence-corrected chi connectivity index (χ3v) is 3.06. The summed E-state index contributed by atoms with van der Waals surface area (Å²) in [6.45, 7) is 7.76. The van der Waals surface area contributed by atoms with Crippen molar-refractivity contribution in [1.29, 1.82) is 0 Å². The predicted octanol–water partition coefficient (Wildman–Crippen LogP) is 1.49. The minimum absolute atomic E-state index is 0.391. The molecular formula is C12H26N2O. The van der Waals surface area contributed by atoms with E-state index in [1.54, 1.807) is 0 Å². The smallest absolute Gasteiger partial charge is 0.0597 e. The summed E-state index contributed by atoms with van der Waals surface area (Å²) in [4.78, 5) is 2.52. The van der Waals surface area contributed by atoms with Crippen molar-refractivity contribution in [3.63, 3.8) is 0 Å². The SMILES string of the molecule is CNCCC(C)OCCN1CCCCC1. The fourth-order valence-corrected chi connectivity index (χ4v) is 2.00. The summed E-state index contributed by atoms with van der Waals surface area (Å²) in [6.07, 6.45) is 5.65. The van der Waals surface area contributed by atoms with E-state index in [0.717, 1.165) is 26.1 Å². The maximum atomic E-state index is 5.77.